The molecule has 0 saturated heterocycles. The number of hydrogen-bond acceptors (Lipinski definition) is 3. The largest absolute Gasteiger partial charge is 0.366 e. The number of nitrogens with two attached hydrogens (primary N) is 1. The number of carbonyl (C=O) groups excluding carboxylic acids is 2. The quantitative estimate of drug-likeness (QED) is 0.293. The number of H-pyrrole nitrogens is 1. The zero-order chi connectivity index (χ0) is 24.2. The standard InChI is InChI=1S/C29H22N4O2/c30-27(34)24(21-9-5-2-6-10-21)17-23-18-32-28-26(23)25(15-16-31-28)33-29(35)22-13-11-20(12-14-22)19-7-3-1-4-8-19/h1-18H,(H2,30,34)(H2,31,32,33,35)/b24-17-. The molecule has 5 rings (SSSR count). The predicted molar refractivity (Wildman–Crippen MR) is 139 cm³/mol. The number of pyridine rings is 1. The highest BCUT2D eigenvalue weighted by molar-refractivity contribution is 6.24. The lowest BCUT2D eigenvalue weighted by atomic mass is 10.0. The molecule has 0 aliphatic carbocycles. The number of fused-ring (bicyclic) bond motifs is 1. The van der Waals surface area contributed by atoms with E-state index in [9.17, 15) is 9.59 Å². The van der Waals surface area contributed by atoms with Crippen molar-refractivity contribution in [2.75, 3.05) is 5.32 Å². The summed E-state index contributed by atoms with van der Waals surface area (Å²) < 4.78 is 0. The lowest BCUT2D eigenvalue weighted by molar-refractivity contribution is -0.112. The molecule has 3 aromatic carbocycles. The Bertz CT molecular complexity index is 1540. The van der Waals surface area contributed by atoms with Gasteiger partial charge in [0.1, 0.15) is 5.65 Å². The first-order valence-corrected chi connectivity index (χ1v) is 11.1. The Hall–Kier alpha value is -4.97. The number of hydrogen-bond donors (Lipinski definition) is 3. The lowest BCUT2D eigenvalue weighted by Gasteiger charge is -2.09. The highest BCUT2D eigenvalue weighted by Gasteiger charge is 2.15. The molecular formula is C29H22N4O2. The van der Waals surface area contributed by atoms with Crippen molar-refractivity contribution in [1.29, 1.82) is 0 Å². The second kappa shape index (κ2) is 9.49. The minimum absolute atomic E-state index is 0.244. The number of benzene rings is 3. The van der Waals surface area contributed by atoms with E-state index in [2.05, 4.69) is 15.3 Å². The van der Waals surface area contributed by atoms with Crippen molar-refractivity contribution in [1.82, 2.24) is 9.97 Å². The molecule has 35 heavy (non-hydrogen) atoms. The molecule has 0 fully saturated rings. The minimum atomic E-state index is -0.543. The molecular weight excluding hydrogens is 436 g/mol. The van der Waals surface area contributed by atoms with Gasteiger partial charge in [0.25, 0.3) is 5.91 Å². The van der Waals surface area contributed by atoms with Crippen molar-refractivity contribution < 1.29 is 9.59 Å². The van der Waals surface area contributed by atoms with Crippen LogP contribution in [0.4, 0.5) is 5.69 Å². The summed E-state index contributed by atoms with van der Waals surface area (Å²) in [5.74, 6) is -0.787. The third-order valence-corrected chi connectivity index (χ3v) is 5.76. The third-order valence-electron chi connectivity index (χ3n) is 5.76. The Morgan fingerprint density at radius 3 is 2.14 bits per heavy atom. The Labute approximate surface area is 202 Å². The zero-order valence-electron chi connectivity index (χ0n) is 18.7. The van der Waals surface area contributed by atoms with Gasteiger partial charge in [0.15, 0.2) is 0 Å². The van der Waals surface area contributed by atoms with Crippen LogP contribution in [-0.4, -0.2) is 21.8 Å². The molecule has 2 heterocycles. The number of aromatic nitrogens is 2. The summed E-state index contributed by atoms with van der Waals surface area (Å²) in [6, 6.07) is 28.4. The molecule has 0 spiro atoms. The smallest absolute Gasteiger partial charge is 0.255 e. The van der Waals surface area contributed by atoms with E-state index in [1.807, 2.05) is 72.8 Å². The van der Waals surface area contributed by atoms with Crippen molar-refractivity contribution in [3.05, 3.63) is 120 Å². The number of amides is 2. The molecule has 6 heteroatoms. The van der Waals surface area contributed by atoms with Crippen LogP contribution < -0.4 is 11.1 Å². The third kappa shape index (κ3) is 4.58. The Morgan fingerprint density at radius 1 is 0.800 bits per heavy atom. The van der Waals surface area contributed by atoms with Crippen LogP contribution in [0.15, 0.2) is 103 Å². The van der Waals surface area contributed by atoms with E-state index < -0.39 is 5.91 Å². The van der Waals surface area contributed by atoms with Gasteiger partial charge in [-0.3, -0.25) is 9.59 Å². The summed E-state index contributed by atoms with van der Waals surface area (Å²) >= 11 is 0. The first-order valence-electron chi connectivity index (χ1n) is 11.1. The number of anilines is 1. The van der Waals surface area contributed by atoms with Crippen molar-refractivity contribution in [3.63, 3.8) is 0 Å². The van der Waals surface area contributed by atoms with E-state index in [0.717, 1.165) is 11.1 Å². The normalized spacial score (nSPS) is 11.4. The van der Waals surface area contributed by atoms with Gasteiger partial charge in [-0.1, -0.05) is 72.8 Å². The minimum Gasteiger partial charge on any atom is -0.366 e. The second-order valence-electron chi connectivity index (χ2n) is 8.01. The summed E-state index contributed by atoms with van der Waals surface area (Å²) in [6.07, 6.45) is 5.07. The number of nitrogens with zero attached hydrogens (tertiary/aromatic N) is 1. The average molecular weight is 459 g/mol. The number of nitrogens with one attached hydrogen (secondary N) is 2. The van der Waals surface area contributed by atoms with Gasteiger partial charge in [0.05, 0.1) is 5.69 Å². The van der Waals surface area contributed by atoms with E-state index in [-0.39, 0.29) is 5.91 Å². The van der Waals surface area contributed by atoms with E-state index in [0.29, 0.717) is 39.0 Å². The van der Waals surface area contributed by atoms with Crippen LogP contribution in [-0.2, 0) is 4.79 Å². The second-order valence-corrected chi connectivity index (χ2v) is 8.01. The van der Waals surface area contributed by atoms with Gasteiger partial charge in [0.2, 0.25) is 5.91 Å². The maximum atomic E-state index is 13.1. The van der Waals surface area contributed by atoms with Crippen LogP contribution in [0.5, 0.6) is 0 Å². The molecule has 0 aliphatic heterocycles. The van der Waals surface area contributed by atoms with Crippen LogP contribution >= 0.6 is 0 Å². The van der Waals surface area contributed by atoms with Gasteiger partial charge in [-0.25, -0.2) is 4.98 Å². The highest BCUT2D eigenvalue weighted by atomic mass is 16.2. The number of carbonyl (C=O) groups is 2. The van der Waals surface area contributed by atoms with Crippen molar-refractivity contribution in [2.45, 2.75) is 0 Å². The fourth-order valence-corrected chi connectivity index (χ4v) is 4.01. The maximum Gasteiger partial charge on any atom is 0.255 e. The Morgan fingerprint density at radius 2 is 1.46 bits per heavy atom. The molecule has 0 bridgehead atoms. The molecule has 170 valence electrons. The molecule has 2 amide bonds. The van der Waals surface area contributed by atoms with Crippen molar-refractivity contribution >= 4 is 40.2 Å². The van der Waals surface area contributed by atoms with Crippen LogP contribution in [0, 0.1) is 0 Å². The fourth-order valence-electron chi connectivity index (χ4n) is 4.01. The Kier molecular flexibility index (Phi) is 5.92. The molecule has 6 nitrogen and oxygen atoms in total. The van der Waals surface area contributed by atoms with Gasteiger partial charge in [-0.2, -0.15) is 0 Å². The van der Waals surface area contributed by atoms with Crippen molar-refractivity contribution in [3.8, 4) is 11.1 Å². The highest BCUT2D eigenvalue weighted by Crippen LogP contribution is 2.29. The molecule has 0 radical (unpaired) electrons. The number of primary amides is 1. The van der Waals surface area contributed by atoms with E-state index in [4.69, 9.17) is 5.73 Å². The van der Waals surface area contributed by atoms with Crippen LogP contribution in [0.1, 0.15) is 21.5 Å². The molecule has 4 N–H and O–H groups in total. The maximum absolute atomic E-state index is 13.1. The summed E-state index contributed by atoms with van der Waals surface area (Å²) in [7, 11) is 0. The van der Waals surface area contributed by atoms with Gasteiger partial charge in [0, 0.05) is 34.5 Å². The first-order chi connectivity index (χ1) is 17.1. The van der Waals surface area contributed by atoms with Crippen molar-refractivity contribution in [2.24, 2.45) is 5.73 Å². The molecule has 2 aromatic heterocycles. The predicted octanol–water partition coefficient (Wildman–Crippen LogP) is 5.51. The number of aromatic amines is 1. The molecule has 0 aliphatic rings. The van der Waals surface area contributed by atoms with E-state index in [1.54, 1.807) is 36.7 Å². The summed E-state index contributed by atoms with van der Waals surface area (Å²) in [5, 5.41) is 3.68. The molecule has 0 saturated carbocycles. The Balaban J connectivity index is 1.47. The van der Waals surface area contributed by atoms with E-state index >= 15 is 0 Å². The van der Waals surface area contributed by atoms with Gasteiger partial charge < -0.3 is 16.0 Å². The monoisotopic (exact) mass is 458 g/mol. The van der Waals surface area contributed by atoms with Crippen LogP contribution in [0.25, 0.3) is 33.8 Å². The summed E-state index contributed by atoms with van der Waals surface area (Å²) in [6.45, 7) is 0. The SMILES string of the molecule is NC(=O)/C(=C\c1c[nH]c2nccc(NC(=O)c3ccc(-c4ccccc4)cc3)c12)c1ccccc1. The number of rotatable bonds is 6. The summed E-state index contributed by atoms with van der Waals surface area (Å²) in [4.78, 5) is 32.7. The molecule has 0 atom stereocenters. The van der Waals surface area contributed by atoms with Gasteiger partial charge in [-0.15, -0.1) is 0 Å². The van der Waals surface area contributed by atoms with Crippen LogP contribution in [0.2, 0.25) is 0 Å². The lowest BCUT2D eigenvalue weighted by Crippen LogP contribution is -2.13. The molecule has 5 aromatic rings. The zero-order valence-corrected chi connectivity index (χ0v) is 18.7. The van der Waals surface area contributed by atoms with Crippen LogP contribution in [0.3, 0.4) is 0 Å². The summed E-state index contributed by atoms with van der Waals surface area (Å²) in [5.41, 5.74) is 11.3. The molecule has 0 unspecified atom stereocenters. The van der Waals surface area contributed by atoms with Gasteiger partial charge in [-0.05, 0) is 41.0 Å². The first kappa shape index (κ1) is 21.9. The average Bonchev–Trinajstić information content (AvgIpc) is 3.32. The van der Waals surface area contributed by atoms with E-state index in [1.165, 1.54) is 0 Å². The topological polar surface area (TPSA) is 101 Å². The fraction of sp³-hybridized carbons (Fsp3) is 0. The van der Waals surface area contributed by atoms with Gasteiger partial charge >= 0.3 is 0 Å².